The molecule has 1 fully saturated rings. The molecule has 102 valence electrons. The first kappa shape index (κ1) is 14.7. The van der Waals surface area contributed by atoms with Crippen LogP contribution in [0.2, 0.25) is 0 Å². The van der Waals surface area contributed by atoms with Gasteiger partial charge >= 0.3 is 5.97 Å². The number of carbonyl (C=O) groups excluding carboxylic acids is 1. The van der Waals surface area contributed by atoms with Gasteiger partial charge < -0.3 is 10.0 Å². The minimum atomic E-state index is -3.09. The van der Waals surface area contributed by atoms with E-state index in [1.165, 1.54) is 18.7 Å². The molecule has 1 amide bonds. The Morgan fingerprint density at radius 3 is 2.22 bits per heavy atom. The Morgan fingerprint density at radius 2 is 1.78 bits per heavy atom. The average molecular weight is 275 g/mol. The molecule has 1 aliphatic rings. The molecule has 1 atom stereocenters. The number of hydrogen-bond acceptors (Lipinski definition) is 4. The fourth-order valence-corrected chi connectivity index (χ4v) is 3.39. The molecule has 0 aromatic heterocycles. The summed E-state index contributed by atoms with van der Waals surface area (Å²) in [7, 11) is -3.09. The van der Waals surface area contributed by atoms with Gasteiger partial charge in [0.1, 0.15) is 0 Å². The molecule has 18 heavy (non-hydrogen) atoms. The zero-order valence-corrected chi connectivity index (χ0v) is 11.5. The third kappa shape index (κ3) is 3.10. The van der Waals surface area contributed by atoms with E-state index < -0.39 is 27.8 Å². The first-order chi connectivity index (χ1) is 8.15. The smallest absolute Gasteiger partial charge is 0.331 e. The largest absolute Gasteiger partial charge is 0.478 e. The summed E-state index contributed by atoms with van der Waals surface area (Å²) >= 11 is 0. The topological polar surface area (TPSA) is 91.8 Å². The summed E-state index contributed by atoms with van der Waals surface area (Å²) in [6.45, 7) is 4.58. The van der Waals surface area contributed by atoms with Crippen LogP contribution in [-0.4, -0.2) is 54.4 Å². The number of carboxylic acid groups (broad SMARTS) is 1. The summed E-state index contributed by atoms with van der Waals surface area (Å²) in [6, 6.07) is -0.423. The molecule has 0 radical (unpaired) electrons. The molecule has 1 heterocycles. The second kappa shape index (κ2) is 5.09. The predicted molar refractivity (Wildman–Crippen MR) is 65.8 cm³/mol. The van der Waals surface area contributed by atoms with Crippen molar-refractivity contribution in [2.75, 3.05) is 18.1 Å². The Balaban J connectivity index is 2.93. The predicted octanol–water partition coefficient (Wildman–Crippen LogP) is 0.0529. The molecular formula is C11H17NO5S. The van der Waals surface area contributed by atoms with Crippen LogP contribution in [0.5, 0.6) is 0 Å². The molecule has 1 unspecified atom stereocenters. The number of carboxylic acids is 1. The minimum Gasteiger partial charge on any atom is -0.478 e. The molecule has 1 saturated heterocycles. The quantitative estimate of drug-likeness (QED) is 0.719. The van der Waals surface area contributed by atoms with Crippen molar-refractivity contribution in [3.63, 3.8) is 0 Å². The van der Waals surface area contributed by atoms with Crippen molar-refractivity contribution in [2.45, 2.75) is 26.8 Å². The molecule has 0 aromatic rings. The Bertz CT molecular complexity index is 506. The Kier molecular flexibility index (Phi) is 4.16. The molecule has 0 aromatic carbocycles. The summed E-state index contributed by atoms with van der Waals surface area (Å²) in [5.41, 5.74) is 0.134. The van der Waals surface area contributed by atoms with Crippen molar-refractivity contribution < 1.29 is 23.1 Å². The van der Waals surface area contributed by atoms with Crippen LogP contribution in [0.15, 0.2) is 11.1 Å². The van der Waals surface area contributed by atoms with E-state index in [2.05, 4.69) is 0 Å². The maximum Gasteiger partial charge on any atom is 0.331 e. The third-order valence-corrected chi connectivity index (χ3v) is 4.93. The lowest BCUT2D eigenvalue weighted by atomic mass is 10.1. The average Bonchev–Trinajstić information content (AvgIpc) is 2.24. The highest BCUT2D eigenvalue weighted by atomic mass is 32.2. The summed E-state index contributed by atoms with van der Waals surface area (Å²) in [4.78, 5) is 24.3. The molecular weight excluding hydrogens is 258 g/mol. The van der Waals surface area contributed by atoms with E-state index in [1.807, 2.05) is 0 Å². The molecule has 1 rings (SSSR count). The molecule has 0 aliphatic carbocycles. The van der Waals surface area contributed by atoms with Crippen LogP contribution in [0.4, 0.5) is 0 Å². The summed E-state index contributed by atoms with van der Waals surface area (Å²) in [5, 5.41) is 8.82. The van der Waals surface area contributed by atoms with Crippen molar-refractivity contribution in [3.8, 4) is 0 Å². The van der Waals surface area contributed by atoms with E-state index in [1.54, 1.807) is 6.92 Å². The van der Waals surface area contributed by atoms with Crippen molar-refractivity contribution in [1.82, 2.24) is 4.90 Å². The summed E-state index contributed by atoms with van der Waals surface area (Å²) in [5.74, 6) is -1.68. The lowest BCUT2D eigenvalue weighted by Crippen LogP contribution is -2.50. The van der Waals surface area contributed by atoms with Crippen LogP contribution in [-0.2, 0) is 19.4 Å². The minimum absolute atomic E-state index is 0.0133. The third-order valence-electron chi connectivity index (χ3n) is 3.14. The van der Waals surface area contributed by atoms with Crippen LogP contribution in [0.25, 0.3) is 0 Å². The SMILES string of the molecule is CC(C(=O)O)=C(C)C(=O)N1CCS(=O)(=O)CC1C. The Labute approximate surface area is 106 Å². The normalized spacial score (nSPS) is 24.4. The van der Waals surface area contributed by atoms with Crippen LogP contribution >= 0.6 is 0 Å². The summed E-state index contributed by atoms with van der Waals surface area (Å²) in [6.07, 6.45) is 0. The van der Waals surface area contributed by atoms with Gasteiger partial charge in [0.15, 0.2) is 9.84 Å². The van der Waals surface area contributed by atoms with Gasteiger partial charge in [-0.3, -0.25) is 4.79 Å². The number of amides is 1. The molecule has 0 bridgehead atoms. The zero-order chi connectivity index (χ0) is 14.1. The number of nitrogens with zero attached hydrogens (tertiary/aromatic N) is 1. The van der Waals surface area contributed by atoms with E-state index >= 15 is 0 Å². The highest BCUT2D eigenvalue weighted by Crippen LogP contribution is 2.16. The van der Waals surface area contributed by atoms with E-state index in [0.29, 0.717) is 0 Å². The van der Waals surface area contributed by atoms with Crippen LogP contribution < -0.4 is 0 Å². The van der Waals surface area contributed by atoms with Gasteiger partial charge in [0, 0.05) is 23.7 Å². The van der Waals surface area contributed by atoms with Crippen molar-refractivity contribution in [2.24, 2.45) is 0 Å². The van der Waals surface area contributed by atoms with Gasteiger partial charge in [-0.05, 0) is 20.8 Å². The van der Waals surface area contributed by atoms with E-state index in [9.17, 15) is 18.0 Å². The van der Waals surface area contributed by atoms with Crippen LogP contribution in [0, 0.1) is 0 Å². The van der Waals surface area contributed by atoms with E-state index in [4.69, 9.17) is 5.11 Å². The first-order valence-corrected chi connectivity index (χ1v) is 7.40. The first-order valence-electron chi connectivity index (χ1n) is 5.58. The lowest BCUT2D eigenvalue weighted by molar-refractivity contribution is -0.134. The standard InChI is InChI=1S/C11H17NO5S/c1-7-6-18(16,17)5-4-12(7)10(13)8(2)9(3)11(14)15/h7H,4-6H2,1-3H3,(H,14,15). The Hall–Kier alpha value is -1.37. The molecule has 0 saturated carbocycles. The second-order valence-corrected chi connectivity index (χ2v) is 6.75. The van der Waals surface area contributed by atoms with Gasteiger partial charge in [-0.2, -0.15) is 0 Å². The van der Waals surface area contributed by atoms with Gasteiger partial charge in [-0.1, -0.05) is 0 Å². The van der Waals surface area contributed by atoms with E-state index in [0.717, 1.165) is 0 Å². The fraction of sp³-hybridized carbons (Fsp3) is 0.636. The number of rotatable bonds is 2. The molecule has 7 heteroatoms. The van der Waals surface area contributed by atoms with Gasteiger partial charge in [-0.15, -0.1) is 0 Å². The van der Waals surface area contributed by atoms with Crippen molar-refractivity contribution in [1.29, 1.82) is 0 Å². The van der Waals surface area contributed by atoms with E-state index in [-0.39, 0.29) is 29.2 Å². The van der Waals surface area contributed by atoms with Crippen molar-refractivity contribution in [3.05, 3.63) is 11.1 Å². The number of sulfone groups is 1. The van der Waals surface area contributed by atoms with Crippen molar-refractivity contribution >= 4 is 21.7 Å². The summed E-state index contributed by atoms with van der Waals surface area (Å²) < 4.78 is 22.8. The molecule has 0 spiro atoms. The lowest BCUT2D eigenvalue weighted by Gasteiger charge is -2.33. The van der Waals surface area contributed by atoms with Gasteiger partial charge in [0.25, 0.3) is 0 Å². The van der Waals surface area contributed by atoms with Gasteiger partial charge in [0.05, 0.1) is 11.5 Å². The molecule has 6 nitrogen and oxygen atoms in total. The maximum absolute atomic E-state index is 12.1. The van der Waals surface area contributed by atoms with Gasteiger partial charge in [0.2, 0.25) is 5.91 Å². The molecule has 1 aliphatic heterocycles. The number of carbonyl (C=O) groups is 2. The second-order valence-electron chi connectivity index (χ2n) is 4.52. The monoisotopic (exact) mass is 275 g/mol. The van der Waals surface area contributed by atoms with Crippen LogP contribution in [0.3, 0.4) is 0 Å². The zero-order valence-electron chi connectivity index (χ0n) is 10.6. The highest BCUT2D eigenvalue weighted by Gasteiger charge is 2.32. The Morgan fingerprint density at radius 1 is 1.22 bits per heavy atom. The molecule has 1 N–H and O–H groups in total. The maximum atomic E-state index is 12.1. The number of aliphatic carboxylic acids is 1. The fourth-order valence-electron chi connectivity index (χ4n) is 1.84. The van der Waals surface area contributed by atoms with Crippen LogP contribution in [0.1, 0.15) is 20.8 Å². The number of hydrogen-bond donors (Lipinski definition) is 1. The van der Waals surface area contributed by atoms with Gasteiger partial charge in [-0.25, -0.2) is 13.2 Å². The highest BCUT2D eigenvalue weighted by molar-refractivity contribution is 7.91.